The van der Waals surface area contributed by atoms with E-state index in [-0.39, 0.29) is 0 Å². The van der Waals surface area contributed by atoms with E-state index >= 15 is 0 Å². The molecule has 0 aliphatic heterocycles. The minimum Gasteiger partial charge on any atom is -0.353 e. The summed E-state index contributed by atoms with van der Waals surface area (Å²) in [6, 6.07) is 15.4. The molecule has 0 amide bonds. The van der Waals surface area contributed by atoms with Crippen molar-refractivity contribution in [3.05, 3.63) is 59.9 Å². The lowest BCUT2D eigenvalue weighted by Crippen LogP contribution is -2.26. The Labute approximate surface area is 122 Å². The zero-order chi connectivity index (χ0) is 14.6. The highest BCUT2D eigenvalue weighted by molar-refractivity contribution is 5.19. The van der Waals surface area contributed by atoms with Crippen LogP contribution >= 0.6 is 0 Å². The third kappa shape index (κ3) is 4.24. The normalized spacial score (nSPS) is 13.4. The summed E-state index contributed by atoms with van der Waals surface area (Å²) in [6.45, 7) is 7.80. The summed E-state index contributed by atoms with van der Waals surface area (Å²) in [6.07, 6.45) is 3.22. The molecule has 2 heteroatoms. The number of hydrogen-bond donors (Lipinski definition) is 1. The van der Waals surface area contributed by atoms with Crippen LogP contribution in [0.15, 0.2) is 48.7 Å². The van der Waals surface area contributed by atoms with Crippen LogP contribution in [0.3, 0.4) is 0 Å². The van der Waals surface area contributed by atoms with Gasteiger partial charge in [0.2, 0.25) is 0 Å². The lowest BCUT2D eigenvalue weighted by atomic mass is 9.85. The first kappa shape index (κ1) is 14.9. The highest BCUT2D eigenvalue weighted by Gasteiger charge is 2.19. The fraction of sp³-hybridized carbons (Fsp3) is 0.444. The Hall–Kier alpha value is -1.54. The molecule has 108 valence electrons. The number of aromatic nitrogens is 1. The van der Waals surface area contributed by atoms with E-state index in [4.69, 9.17) is 0 Å². The van der Waals surface area contributed by atoms with Gasteiger partial charge < -0.3 is 9.88 Å². The summed E-state index contributed by atoms with van der Waals surface area (Å²) >= 11 is 0. The van der Waals surface area contributed by atoms with E-state index in [1.807, 2.05) is 0 Å². The molecule has 0 saturated heterocycles. The fourth-order valence-electron chi connectivity index (χ4n) is 2.51. The maximum atomic E-state index is 3.71. The second-order valence-corrected chi connectivity index (χ2v) is 6.72. The Morgan fingerprint density at radius 3 is 2.30 bits per heavy atom. The van der Waals surface area contributed by atoms with E-state index in [9.17, 15) is 0 Å². The molecule has 0 radical (unpaired) electrons. The van der Waals surface area contributed by atoms with Gasteiger partial charge in [0.05, 0.1) is 0 Å². The van der Waals surface area contributed by atoms with E-state index in [1.54, 1.807) is 0 Å². The van der Waals surface area contributed by atoms with Crippen LogP contribution < -0.4 is 5.32 Å². The van der Waals surface area contributed by atoms with Gasteiger partial charge in [-0.2, -0.15) is 0 Å². The van der Waals surface area contributed by atoms with Gasteiger partial charge in [-0.05, 0) is 29.5 Å². The Morgan fingerprint density at radius 2 is 1.75 bits per heavy atom. The molecule has 0 fully saturated rings. The monoisotopic (exact) mass is 270 g/mol. The van der Waals surface area contributed by atoms with Crippen LogP contribution in [-0.4, -0.2) is 4.57 Å². The lowest BCUT2D eigenvalue weighted by Gasteiger charge is -2.27. The van der Waals surface area contributed by atoms with Gasteiger partial charge in [-0.3, -0.25) is 0 Å². The van der Waals surface area contributed by atoms with E-state index in [2.05, 4.69) is 86.4 Å². The Balaban J connectivity index is 2.09. The molecular formula is C18H26N2. The quantitative estimate of drug-likeness (QED) is 0.857. The predicted molar refractivity (Wildman–Crippen MR) is 85.5 cm³/mol. The van der Waals surface area contributed by atoms with Crippen LogP contribution in [0.4, 0.5) is 0 Å². The molecule has 20 heavy (non-hydrogen) atoms. The third-order valence-corrected chi connectivity index (χ3v) is 3.60. The molecule has 0 aliphatic rings. The van der Waals surface area contributed by atoms with E-state index < -0.39 is 0 Å². The molecule has 1 heterocycles. The summed E-state index contributed by atoms with van der Waals surface area (Å²) in [5, 5.41) is 3.71. The summed E-state index contributed by atoms with van der Waals surface area (Å²) < 4.78 is 2.17. The van der Waals surface area contributed by atoms with Crippen molar-refractivity contribution in [2.24, 2.45) is 12.5 Å². The first-order valence-corrected chi connectivity index (χ1v) is 7.34. The van der Waals surface area contributed by atoms with Crippen LogP contribution in [-0.2, 0) is 13.6 Å². The number of hydrogen-bond acceptors (Lipinski definition) is 1. The van der Waals surface area contributed by atoms with Gasteiger partial charge in [0.15, 0.2) is 0 Å². The average Bonchev–Trinajstić information content (AvgIpc) is 2.80. The highest BCUT2D eigenvalue weighted by atomic mass is 15.0. The van der Waals surface area contributed by atoms with Crippen molar-refractivity contribution in [1.82, 2.24) is 9.88 Å². The standard InChI is InChI=1S/C18H26N2/c1-18(2,3)13-17(15-9-6-5-7-10-15)19-14-16-11-8-12-20(16)4/h5-12,17,19H,13-14H2,1-4H3. The molecule has 2 nitrogen and oxygen atoms in total. The van der Waals surface area contributed by atoms with Crippen LogP contribution in [0.1, 0.15) is 44.5 Å². The minimum atomic E-state index is 0.307. The van der Waals surface area contributed by atoms with Gasteiger partial charge in [-0.15, -0.1) is 0 Å². The number of rotatable bonds is 5. The largest absolute Gasteiger partial charge is 0.353 e. The van der Waals surface area contributed by atoms with E-state index in [0.29, 0.717) is 11.5 Å². The van der Waals surface area contributed by atoms with Crippen molar-refractivity contribution in [1.29, 1.82) is 0 Å². The summed E-state index contributed by atoms with van der Waals surface area (Å²) in [5.41, 5.74) is 3.00. The smallest absolute Gasteiger partial charge is 0.0364 e. The average molecular weight is 270 g/mol. The van der Waals surface area contributed by atoms with Crippen LogP contribution in [0.5, 0.6) is 0 Å². The molecule has 0 aliphatic carbocycles. The minimum absolute atomic E-state index is 0.307. The van der Waals surface area contributed by atoms with Crippen LogP contribution in [0.25, 0.3) is 0 Å². The molecule has 1 atom stereocenters. The zero-order valence-corrected chi connectivity index (χ0v) is 13.1. The second kappa shape index (κ2) is 6.27. The fourth-order valence-corrected chi connectivity index (χ4v) is 2.51. The number of nitrogens with zero attached hydrogens (tertiary/aromatic N) is 1. The number of nitrogens with one attached hydrogen (secondary N) is 1. The first-order chi connectivity index (χ1) is 9.46. The molecule has 0 saturated carbocycles. The maximum Gasteiger partial charge on any atom is 0.0364 e. The van der Waals surface area contributed by atoms with Gasteiger partial charge in [0, 0.05) is 31.5 Å². The SMILES string of the molecule is Cn1cccc1CNC(CC(C)(C)C)c1ccccc1. The van der Waals surface area contributed by atoms with Gasteiger partial charge >= 0.3 is 0 Å². The van der Waals surface area contributed by atoms with Gasteiger partial charge in [-0.1, -0.05) is 51.1 Å². The van der Waals surface area contributed by atoms with Crippen molar-refractivity contribution in [3.8, 4) is 0 Å². The molecule has 1 aromatic carbocycles. The first-order valence-electron chi connectivity index (χ1n) is 7.34. The Morgan fingerprint density at radius 1 is 1.05 bits per heavy atom. The predicted octanol–water partition coefficient (Wildman–Crippen LogP) is 4.29. The maximum absolute atomic E-state index is 3.71. The summed E-state index contributed by atoms with van der Waals surface area (Å²) in [5.74, 6) is 0. The van der Waals surface area contributed by atoms with Crippen molar-refractivity contribution in [2.45, 2.75) is 39.8 Å². The Bertz CT molecular complexity index is 520. The molecule has 2 aromatic rings. The lowest BCUT2D eigenvalue weighted by molar-refractivity contribution is 0.309. The molecule has 0 spiro atoms. The topological polar surface area (TPSA) is 17.0 Å². The van der Waals surface area contributed by atoms with Crippen LogP contribution in [0.2, 0.25) is 0 Å². The summed E-state index contributed by atoms with van der Waals surface area (Å²) in [4.78, 5) is 0. The molecular weight excluding hydrogens is 244 g/mol. The number of benzene rings is 1. The molecule has 1 unspecified atom stereocenters. The molecule has 0 bridgehead atoms. The molecule has 1 aromatic heterocycles. The second-order valence-electron chi connectivity index (χ2n) is 6.72. The molecule has 1 N–H and O–H groups in total. The highest BCUT2D eigenvalue weighted by Crippen LogP contribution is 2.29. The van der Waals surface area contributed by atoms with Crippen molar-refractivity contribution >= 4 is 0 Å². The summed E-state index contributed by atoms with van der Waals surface area (Å²) in [7, 11) is 2.10. The molecule has 2 rings (SSSR count). The van der Waals surface area contributed by atoms with Gasteiger partial charge in [0.1, 0.15) is 0 Å². The van der Waals surface area contributed by atoms with Gasteiger partial charge in [-0.25, -0.2) is 0 Å². The Kier molecular flexibility index (Phi) is 4.66. The zero-order valence-electron chi connectivity index (χ0n) is 13.1. The van der Waals surface area contributed by atoms with Gasteiger partial charge in [0.25, 0.3) is 0 Å². The van der Waals surface area contributed by atoms with Crippen molar-refractivity contribution < 1.29 is 0 Å². The van der Waals surface area contributed by atoms with E-state index in [0.717, 1.165) is 13.0 Å². The third-order valence-electron chi connectivity index (χ3n) is 3.60. The van der Waals surface area contributed by atoms with Crippen molar-refractivity contribution in [2.75, 3.05) is 0 Å². The van der Waals surface area contributed by atoms with Crippen molar-refractivity contribution in [3.63, 3.8) is 0 Å². The number of aryl methyl sites for hydroxylation is 1. The van der Waals surface area contributed by atoms with Crippen LogP contribution in [0, 0.1) is 5.41 Å². The van der Waals surface area contributed by atoms with E-state index in [1.165, 1.54) is 11.3 Å².